The summed E-state index contributed by atoms with van der Waals surface area (Å²) in [6.45, 7) is 1.89. The van der Waals surface area contributed by atoms with Gasteiger partial charge < -0.3 is 4.84 Å². The molecule has 5 rings (SSSR count). The van der Waals surface area contributed by atoms with Crippen LogP contribution in [0.3, 0.4) is 0 Å². The zero-order chi connectivity index (χ0) is 15.2. The summed E-state index contributed by atoms with van der Waals surface area (Å²) in [4.78, 5) is 18.1. The molecule has 4 aliphatic carbocycles. The van der Waals surface area contributed by atoms with Crippen LogP contribution < -0.4 is 0 Å². The molecule has 4 saturated carbocycles. The van der Waals surface area contributed by atoms with Crippen molar-refractivity contribution in [2.24, 2.45) is 28.3 Å². The van der Waals surface area contributed by atoms with Crippen LogP contribution in [-0.2, 0) is 9.63 Å². The summed E-state index contributed by atoms with van der Waals surface area (Å²) in [5, 5.41) is 4.12. The van der Waals surface area contributed by atoms with Crippen molar-refractivity contribution in [1.29, 1.82) is 0 Å². The molecule has 0 spiro atoms. The van der Waals surface area contributed by atoms with Crippen LogP contribution in [0.4, 0.5) is 0 Å². The van der Waals surface area contributed by atoms with Gasteiger partial charge in [0.2, 0.25) is 0 Å². The number of carbonyl (C=O) groups is 1. The Labute approximate surface area is 131 Å². The van der Waals surface area contributed by atoms with E-state index in [1.807, 2.05) is 37.3 Å². The molecule has 0 saturated heterocycles. The molecule has 0 unspecified atom stereocenters. The molecule has 1 aromatic carbocycles. The van der Waals surface area contributed by atoms with Gasteiger partial charge in [0, 0.05) is 0 Å². The van der Waals surface area contributed by atoms with Crippen LogP contribution in [-0.4, -0.2) is 11.7 Å². The van der Waals surface area contributed by atoms with E-state index in [1.165, 1.54) is 19.3 Å². The first-order chi connectivity index (χ1) is 10.6. The maximum absolute atomic E-state index is 12.7. The number of rotatable bonds is 3. The van der Waals surface area contributed by atoms with Crippen molar-refractivity contribution in [3.8, 4) is 0 Å². The number of hydrogen-bond donors (Lipinski definition) is 0. The fourth-order valence-corrected chi connectivity index (χ4v) is 5.30. The lowest BCUT2D eigenvalue weighted by Crippen LogP contribution is -2.50. The van der Waals surface area contributed by atoms with Gasteiger partial charge in [-0.25, -0.2) is 4.79 Å². The fraction of sp³-hybridized carbons (Fsp3) is 0.579. The Bertz CT molecular complexity index is 570. The highest BCUT2D eigenvalue weighted by Crippen LogP contribution is 2.60. The third-order valence-corrected chi connectivity index (χ3v) is 5.93. The predicted octanol–water partition coefficient (Wildman–Crippen LogP) is 4.17. The summed E-state index contributed by atoms with van der Waals surface area (Å²) in [6.07, 6.45) is 7.07. The highest BCUT2D eigenvalue weighted by atomic mass is 16.7. The van der Waals surface area contributed by atoms with E-state index >= 15 is 0 Å². The summed E-state index contributed by atoms with van der Waals surface area (Å²) in [6, 6.07) is 9.87. The first-order valence-corrected chi connectivity index (χ1v) is 8.46. The van der Waals surface area contributed by atoms with Crippen molar-refractivity contribution < 1.29 is 9.63 Å². The highest BCUT2D eigenvalue weighted by molar-refractivity contribution is 5.98. The molecule has 0 N–H and O–H groups in total. The fourth-order valence-electron chi connectivity index (χ4n) is 5.30. The maximum Gasteiger partial charge on any atom is 0.341 e. The summed E-state index contributed by atoms with van der Waals surface area (Å²) >= 11 is 0. The first-order valence-electron chi connectivity index (χ1n) is 8.46. The van der Waals surface area contributed by atoms with Crippen LogP contribution in [0.1, 0.15) is 51.0 Å². The Morgan fingerprint density at radius 3 is 2.14 bits per heavy atom. The zero-order valence-corrected chi connectivity index (χ0v) is 13.1. The Morgan fingerprint density at radius 2 is 1.59 bits per heavy atom. The molecule has 22 heavy (non-hydrogen) atoms. The summed E-state index contributed by atoms with van der Waals surface area (Å²) in [5.74, 6) is 2.16. The molecule has 4 aliphatic rings. The molecular formula is C19H23NO2. The SMILES string of the molecule is CC(=NOC(=O)C12CC3CC(CC(C3)C1)C2)c1ccccc1. The standard InChI is InChI=1S/C19H23NO2/c1-13(17-5-3-2-4-6-17)20-22-18(21)19-10-14-7-15(11-19)9-16(8-14)12-19/h2-6,14-16H,7-12H2,1H3. The molecule has 116 valence electrons. The van der Waals surface area contributed by atoms with Crippen molar-refractivity contribution in [3.63, 3.8) is 0 Å². The zero-order valence-electron chi connectivity index (χ0n) is 13.1. The lowest BCUT2D eigenvalue weighted by Gasteiger charge is -2.54. The van der Waals surface area contributed by atoms with Gasteiger partial charge in [0.15, 0.2) is 0 Å². The monoisotopic (exact) mass is 297 g/mol. The molecular weight excluding hydrogens is 274 g/mol. The Morgan fingerprint density at radius 1 is 1.05 bits per heavy atom. The van der Waals surface area contributed by atoms with Gasteiger partial charge in [-0.15, -0.1) is 0 Å². The number of carbonyl (C=O) groups excluding carboxylic acids is 1. The smallest absolute Gasteiger partial charge is 0.317 e. The minimum absolute atomic E-state index is 0.0816. The maximum atomic E-state index is 12.7. The van der Waals surface area contributed by atoms with Crippen LogP contribution in [0, 0.1) is 23.2 Å². The molecule has 0 heterocycles. The highest BCUT2D eigenvalue weighted by Gasteiger charge is 2.55. The van der Waals surface area contributed by atoms with E-state index in [1.54, 1.807) is 0 Å². The van der Waals surface area contributed by atoms with E-state index in [0.29, 0.717) is 0 Å². The van der Waals surface area contributed by atoms with Gasteiger partial charge in [0.25, 0.3) is 0 Å². The van der Waals surface area contributed by atoms with Gasteiger partial charge in [-0.2, -0.15) is 0 Å². The molecule has 0 aliphatic heterocycles. The van der Waals surface area contributed by atoms with Crippen molar-refractivity contribution in [3.05, 3.63) is 35.9 Å². The summed E-state index contributed by atoms with van der Waals surface area (Å²) < 4.78 is 0. The molecule has 3 heteroatoms. The third kappa shape index (κ3) is 2.37. The minimum Gasteiger partial charge on any atom is -0.317 e. The van der Waals surface area contributed by atoms with Crippen LogP contribution >= 0.6 is 0 Å². The summed E-state index contributed by atoms with van der Waals surface area (Å²) in [5.41, 5.74) is 1.54. The normalized spacial score (nSPS) is 36.4. The predicted molar refractivity (Wildman–Crippen MR) is 85.4 cm³/mol. The minimum atomic E-state index is -0.227. The first kappa shape index (κ1) is 14.0. The molecule has 4 bridgehead atoms. The molecule has 0 radical (unpaired) electrons. The second-order valence-corrected chi connectivity index (χ2v) is 7.62. The van der Waals surface area contributed by atoms with E-state index in [0.717, 1.165) is 48.3 Å². The molecule has 0 atom stereocenters. The lowest BCUT2D eigenvalue weighted by atomic mass is 9.49. The van der Waals surface area contributed by atoms with E-state index in [4.69, 9.17) is 4.84 Å². The van der Waals surface area contributed by atoms with E-state index in [-0.39, 0.29) is 11.4 Å². The quantitative estimate of drug-likeness (QED) is 0.477. The van der Waals surface area contributed by atoms with Gasteiger partial charge >= 0.3 is 5.97 Å². The van der Waals surface area contributed by atoms with Crippen LogP contribution in [0.5, 0.6) is 0 Å². The molecule has 4 fully saturated rings. The number of oxime groups is 1. The van der Waals surface area contributed by atoms with Gasteiger partial charge in [0.1, 0.15) is 0 Å². The van der Waals surface area contributed by atoms with Gasteiger partial charge in [-0.05, 0) is 68.8 Å². The van der Waals surface area contributed by atoms with E-state index in [9.17, 15) is 4.79 Å². The third-order valence-electron chi connectivity index (χ3n) is 5.93. The van der Waals surface area contributed by atoms with Crippen molar-refractivity contribution in [1.82, 2.24) is 0 Å². The number of nitrogens with zero attached hydrogens (tertiary/aromatic N) is 1. The van der Waals surface area contributed by atoms with E-state index in [2.05, 4.69) is 5.16 Å². The number of hydrogen-bond acceptors (Lipinski definition) is 3. The topological polar surface area (TPSA) is 38.7 Å². The van der Waals surface area contributed by atoms with E-state index < -0.39 is 0 Å². The molecule has 3 nitrogen and oxygen atoms in total. The van der Waals surface area contributed by atoms with Crippen LogP contribution in [0.2, 0.25) is 0 Å². The average molecular weight is 297 g/mol. The lowest BCUT2D eigenvalue weighted by molar-refractivity contribution is -0.171. The summed E-state index contributed by atoms with van der Waals surface area (Å²) in [7, 11) is 0. The van der Waals surface area contributed by atoms with Gasteiger partial charge in [-0.3, -0.25) is 0 Å². The van der Waals surface area contributed by atoms with Gasteiger partial charge in [-0.1, -0.05) is 35.5 Å². The second-order valence-electron chi connectivity index (χ2n) is 7.62. The average Bonchev–Trinajstić information content (AvgIpc) is 2.51. The van der Waals surface area contributed by atoms with Crippen LogP contribution in [0.15, 0.2) is 35.5 Å². The number of benzene rings is 1. The molecule has 0 amide bonds. The molecule has 1 aromatic rings. The van der Waals surface area contributed by atoms with Crippen molar-refractivity contribution in [2.45, 2.75) is 45.4 Å². The Kier molecular flexibility index (Phi) is 3.32. The molecule has 0 aromatic heterocycles. The second kappa shape index (κ2) is 5.22. The Hall–Kier alpha value is -1.64. The largest absolute Gasteiger partial charge is 0.341 e. The van der Waals surface area contributed by atoms with Crippen molar-refractivity contribution >= 4 is 11.7 Å². The van der Waals surface area contributed by atoms with Crippen LogP contribution in [0.25, 0.3) is 0 Å². The van der Waals surface area contributed by atoms with Gasteiger partial charge in [0.05, 0.1) is 11.1 Å². The Balaban J connectivity index is 1.48. The van der Waals surface area contributed by atoms with Crippen molar-refractivity contribution in [2.75, 3.05) is 0 Å².